The van der Waals surface area contributed by atoms with Gasteiger partial charge in [-0.25, -0.2) is 0 Å². The average molecular weight is 702 g/mol. The molecule has 0 spiro atoms. The third-order valence-electron chi connectivity index (χ3n) is 7.74. The third-order valence-corrected chi connectivity index (χ3v) is 8.99. The second-order valence-electron chi connectivity index (χ2n) is 11.2. The van der Waals surface area contributed by atoms with E-state index in [0.717, 1.165) is 10.5 Å². The smallest absolute Gasteiger partial charge is 0.272 e. The first-order valence-corrected chi connectivity index (χ1v) is 16.9. The molecule has 0 aromatic heterocycles. The standard InChI is InChI=1S/C40H35N3O7S/c1-47-33-18-16-26(23-35(33)48-2)22-32(43-38(44)28-12-7-4-8-13-28)39(45)41-29-14-9-15-31(24-29)51-37(27-10-5-3-6-11-27)40(46)42-30-17-19-34-36(25-30)50-21-20-49-34/h3-19,22-25,37H,20-21H2,1-2H3,(H,41,45)(H,42,46)(H,43,44)/b32-22+. The van der Waals surface area contributed by atoms with E-state index in [1.165, 1.54) is 26.0 Å². The monoisotopic (exact) mass is 701 g/mol. The molecule has 11 heteroatoms. The number of nitrogens with one attached hydrogen (secondary N) is 3. The number of anilines is 2. The van der Waals surface area contributed by atoms with Gasteiger partial charge in [0.05, 0.1) is 14.2 Å². The molecular formula is C40H35N3O7S. The van der Waals surface area contributed by atoms with E-state index in [-0.39, 0.29) is 11.6 Å². The van der Waals surface area contributed by atoms with Crippen molar-refractivity contribution in [1.82, 2.24) is 5.32 Å². The van der Waals surface area contributed by atoms with Gasteiger partial charge >= 0.3 is 0 Å². The molecule has 1 heterocycles. The molecule has 6 rings (SSSR count). The van der Waals surface area contributed by atoms with Crippen LogP contribution >= 0.6 is 11.8 Å². The highest BCUT2D eigenvalue weighted by molar-refractivity contribution is 8.00. The molecule has 1 unspecified atom stereocenters. The predicted molar refractivity (Wildman–Crippen MR) is 198 cm³/mol. The van der Waals surface area contributed by atoms with Crippen molar-refractivity contribution in [1.29, 1.82) is 0 Å². The van der Waals surface area contributed by atoms with Gasteiger partial charge < -0.3 is 34.9 Å². The summed E-state index contributed by atoms with van der Waals surface area (Å²) < 4.78 is 22.1. The van der Waals surface area contributed by atoms with Crippen molar-refractivity contribution in [3.05, 3.63) is 144 Å². The van der Waals surface area contributed by atoms with E-state index in [1.807, 2.05) is 36.4 Å². The molecule has 3 amide bonds. The maximum atomic E-state index is 13.8. The fourth-order valence-corrected chi connectivity index (χ4v) is 6.35. The fourth-order valence-electron chi connectivity index (χ4n) is 5.26. The molecule has 1 aliphatic heterocycles. The summed E-state index contributed by atoms with van der Waals surface area (Å²) in [5.41, 5.74) is 2.86. The van der Waals surface area contributed by atoms with Crippen LogP contribution in [0.2, 0.25) is 0 Å². The Hall–Kier alpha value is -6.20. The first-order valence-electron chi connectivity index (χ1n) is 16.0. The molecule has 10 nitrogen and oxygen atoms in total. The summed E-state index contributed by atoms with van der Waals surface area (Å²) in [6.45, 7) is 0.912. The van der Waals surface area contributed by atoms with Gasteiger partial charge in [-0.05, 0) is 71.8 Å². The number of benzene rings is 5. The minimum atomic E-state index is -0.629. The van der Waals surface area contributed by atoms with Gasteiger partial charge in [-0.2, -0.15) is 0 Å². The Morgan fingerprint density at radius 3 is 2.16 bits per heavy atom. The van der Waals surface area contributed by atoms with Crippen molar-refractivity contribution in [2.45, 2.75) is 10.1 Å². The molecule has 0 fully saturated rings. The topological polar surface area (TPSA) is 124 Å². The maximum Gasteiger partial charge on any atom is 0.272 e. The van der Waals surface area contributed by atoms with Crippen LogP contribution in [0.25, 0.3) is 6.08 Å². The molecule has 0 saturated heterocycles. The number of rotatable bonds is 12. The molecule has 51 heavy (non-hydrogen) atoms. The second-order valence-corrected chi connectivity index (χ2v) is 12.4. The Kier molecular flexibility index (Phi) is 11.2. The van der Waals surface area contributed by atoms with Crippen LogP contribution in [0.4, 0.5) is 11.4 Å². The lowest BCUT2D eigenvalue weighted by atomic mass is 10.1. The van der Waals surface area contributed by atoms with E-state index in [4.69, 9.17) is 18.9 Å². The Morgan fingerprint density at radius 2 is 1.41 bits per heavy atom. The van der Waals surface area contributed by atoms with Crippen molar-refractivity contribution in [3.63, 3.8) is 0 Å². The Labute approximate surface area is 299 Å². The summed E-state index contributed by atoms with van der Waals surface area (Å²) in [6.07, 6.45) is 1.56. The Balaban J connectivity index is 1.23. The zero-order valence-corrected chi connectivity index (χ0v) is 28.7. The minimum Gasteiger partial charge on any atom is -0.493 e. The summed E-state index contributed by atoms with van der Waals surface area (Å²) in [7, 11) is 3.05. The lowest BCUT2D eigenvalue weighted by Gasteiger charge is -2.20. The SMILES string of the molecule is COc1ccc(/C=C(/NC(=O)c2ccccc2)C(=O)Nc2cccc(SC(C(=O)Nc3ccc4c(c3)OCCO4)c3ccccc3)c2)cc1OC. The molecule has 1 aliphatic rings. The average Bonchev–Trinajstić information content (AvgIpc) is 3.17. The maximum absolute atomic E-state index is 13.8. The number of carbonyl (C=O) groups is 3. The number of fused-ring (bicyclic) bond motifs is 1. The van der Waals surface area contributed by atoms with Gasteiger partial charge in [0.15, 0.2) is 23.0 Å². The van der Waals surface area contributed by atoms with E-state index < -0.39 is 17.1 Å². The molecular weight excluding hydrogens is 667 g/mol. The van der Waals surface area contributed by atoms with Crippen molar-refractivity contribution < 1.29 is 33.3 Å². The summed E-state index contributed by atoms with van der Waals surface area (Å²) >= 11 is 1.34. The molecule has 5 aromatic carbocycles. The van der Waals surface area contributed by atoms with E-state index in [2.05, 4.69) is 16.0 Å². The number of carbonyl (C=O) groups excluding carboxylic acids is 3. The van der Waals surface area contributed by atoms with Gasteiger partial charge in [0, 0.05) is 27.9 Å². The van der Waals surface area contributed by atoms with Crippen LogP contribution in [0.3, 0.4) is 0 Å². The molecule has 5 aromatic rings. The fraction of sp³-hybridized carbons (Fsp3) is 0.125. The van der Waals surface area contributed by atoms with Crippen LogP contribution in [0.1, 0.15) is 26.7 Å². The van der Waals surface area contributed by atoms with Crippen molar-refractivity contribution in [2.24, 2.45) is 0 Å². The number of ether oxygens (including phenoxy) is 4. The summed E-state index contributed by atoms with van der Waals surface area (Å²) in [5, 5.41) is 8.05. The number of hydrogen-bond acceptors (Lipinski definition) is 8. The van der Waals surface area contributed by atoms with E-state index in [0.29, 0.717) is 58.7 Å². The van der Waals surface area contributed by atoms with Gasteiger partial charge in [0.1, 0.15) is 24.2 Å². The summed E-state index contributed by atoms with van der Waals surface area (Å²) in [6, 6.07) is 35.7. The van der Waals surface area contributed by atoms with Crippen LogP contribution < -0.4 is 34.9 Å². The summed E-state index contributed by atoms with van der Waals surface area (Å²) in [5.74, 6) is 0.970. The molecule has 0 saturated carbocycles. The molecule has 0 aliphatic carbocycles. The Morgan fingerprint density at radius 1 is 0.706 bits per heavy atom. The largest absolute Gasteiger partial charge is 0.493 e. The molecule has 258 valence electrons. The highest BCUT2D eigenvalue weighted by Gasteiger charge is 2.24. The number of thioether (sulfide) groups is 1. The second kappa shape index (κ2) is 16.5. The van der Waals surface area contributed by atoms with E-state index in [1.54, 1.807) is 91.0 Å². The third kappa shape index (κ3) is 8.89. The van der Waals surface area contributed by atoms with Crippen LogP contribution in [-0.4, -0.2) is 45.2 Å². The molecule has 0 bridgehead atoms. The van der Waals surface area contributed by atoms with Gasteiger partial charge in [0.25, 0.3) is 11.8 Å². The van der Waals surface area contributed by atoms with Gasteiger partial charge in [-0.3, -0.25) is 14.4 Å². The van der Waals surface area contributed by atoms with Crippen molar-refractivity contribution in [2.75, 3.05) is 38.1 Å². The zero-order chi connectivity index (χ0) is 35.6. The zero-order valence-electron chi connectivity index (χ0n) is 27.9. The highest BCUT2D eigenvalue weighted by Crippen LogP contribution is 2.38. The highest BCUT2D eigenvalue weighted by atomic mass is 32.2. The quantitative estimate of drug-likeness (QED) is 0.0911. The van der Waals surface area contributed by atoms with Crippen LogP contribution in [0.15, 0.2) is 132 Å². The lowest BCUT2D eigenvalue weighted by Crippen LogP contribution is -2.30. The minimum absolute atomic E-state index is 0.00935. The van der Waals surface area contributed by atoms with Gasteiger partial charge in [-0.15, -0.1) is 11.8 Å². The first kappa shape index (κ1) is 34.7. The molecule has 0 radical (unpaired) electrons. The van der Waals surface area contributed by atoms with E-state index >= 15 is 0 Å². The lowest BCUT2D eigenvalue weighted by molar-refractivity contribution is -0.116. The Bertz CT molecular complexity index is 2050. The van der Waals surface area contributed by atoms with Crippen LogP contribution in [0.5, 0.6) is 23.0 Å². The number of amides is 3. The predicted octanol–water partition coefficient (Wildman–Crippen LogP) is 7.36. The van der Waals surface area contributed by atoms with E-state index in [9.17, 15) is 14.4 Å². The van der Waals surface area contributed by atoms with Crippen molar-refractivity contribution >= 4 is 46.9 Å². The van der Waals surface area contributed by atoms with Crippen molar-refractivity contribution in [3.8, 4) is 23.0 Å². The number of methoxy groups -OCH3 is 2. The number of hydrogen-bond donors (Lipinski definition) is 3. The molecule has 3 N–H and O–H groups in total. The van der Waals surface area contributed by atoms with Crippen LogP contribution in [0, 0.1) is 0 Å². The normalized spacial score (nSPS) is 12.6. The summed E-state index contributed by atoms with van der Waals surface area (Å²) in [4.78, 5) is 41.5. The van der Waals surface area contributed by atoms with Crippen LogP contribution in [-0.2, 0) is 9.59 Å². The first-order chi connectivity index (χ1) is 24.9. The van der Waals surface area contributed by atoms with Gasteiger partial charge in [0.2, 0.25) is 5.91 Å². The molecule has 1 atom stereocenters. The van der Waals surface area contributed by atoms with Gasteiger partial charge in [-0.1, -0.05) is 60.7 Å².